The molecular weight excluding hydrogens is 317 g/mol. The lowest BCUT2D eigenvalue weighted by molar-refractivity contribution is 0.0860. The molecule has 116 valence electrons. The number of hydrogen-bond donors (Lipinski definition) is 1. The molecule has 3 nitrogen and oxygen atoms in total. The van der Waals surface area contributed by atoms with Crippen molar-refractivity contribution in [3.8, 4) is 0 Å². The van der Waals surface area contributed by atoms with Gasteiger partial charge in [-0.05, 0) is 17.0 Å². The molecular formula is C14H24Cl3N3. The molecule has 0 unspecified atom stereocenters. The molecule has 1 aliphatic rings. The van der Waals surface area contributed by atoms with Gasteiger partial charge in [0.25, 0.3) is 0 Å². The molecule has 0 radical (unpaired) electrons. The molecule has 0 spiro atoms. The van der Waals surface area contributed by atoms with Crippen LogP contribution in [0.4, 0.5) is 0 Å². The maximum atomic E-state index is 5.88. The SMILES string of the molecule is CC(C)(C)[C@@H](c1ccc(Cl)nc1)N1CCNCC1.Cl.Cl. The van der Waals surface area contributed by atoms with Crippen LogP contribution < -0.4 is 5.32 Å². The summed E-state index contributed by atoms with van der Waals surface area (Å²) < 4.78 is 0. The van der Waals surface area contributed by atoms with Crippen molar-refractivity contribution in [3.05, 3.63) is 29.0 Å². The van der Waals surface area contributed by atoms with Gasteiger partial charge in [-0.3, -0.25) is 4.90 Å². The van der Waals surface area contributed by atoms with Crippen LogP contribution in [-0.4, -0.2) is 36.1 Å². The number of halogens is 3. The van der Waals surface area contributed by atoms with Crippen LogP contribution in [0.1, 0.15) is 32.4 Å². The number of hydrogen-bond acceptors (Lipinski definition) is 3. The first-order valence-electron chi connectivity index (χ1n) is 6.55. The highest BCUT2D eigenvalue weighted by Gasteiger charge is 2.32. The van der Waals surface area contributed by atoms with Gasteiger partial charge in [0, 0.05) is 38.4 Å². The van der Waals surface area contributed by atoms with Gasteiger partial charge in [-0.15, -0.1) is 24.8 Å². The van der Waals surface area contributed by atoms with Crippen molar-refractivity contribution in [1.29, 1.82) is 0 Å². The highest BCUT2D eigenvalue weighted by molar-refractivity contribution is 6.29. The fourth-order valence-electron chi connectivity index (χ4n) is 2.75. The Labute approximate surface area is 139 Å². The molecule has 1 aliphatic heterocycles. The third-order valence-electron chi connectivity index (χ3n) is 3.40. The molecule has 1 aromatic heterocycles. The molecule has 0 amide bonds. The minimum atomic E-state index is 0. The van der Waals surface area contributed by atoms with E-state index in [4.69, 9.17) is 11.6 Å². The molecule has 1 aromatic rings. The van der Waals surface area contributed by atoms with Crippen LogP contribution in [0.5, 0.6) is 0 Å². The maximum Gasteiger partial charge on any atom is 0.129 e. The van der Waals surface area contributed by atoms with E-state index in [1.165, 1.54) is 5.56 Å². The Morgan fingerprint density at radius 3 is 2.25 bits per heavy atom. The Kier molecular flexibility index (Phi) is 8.37. The summed E-state index contributed by atoms with van der Waals surface area (Å²) in [5, 5.41) is 3.96. The molecule has 2 heterocycles. The lowest BCUT2D eigenvalue weighted by atomic mass is 9.81. The first-order valence-corrected chi connectivity index (χ1v) is 6.92. The van der Waals surface area contributed by atoms with Gasteiger partial charge < -0.3 is 5.32 Å². The molecule has 0 aliphatic carbocycles. The lowest BCUT2D eigenvalue weighted by Crippen LogP contribution is -2.48. The summed E-state index contributed by atoms with van der Waals surface area (Å²) in [6.45, 7) is 11.2. The average Bonchev–Trinajstić information content (AvgIpc) is 2.32. The van der Waals surface area contributed by atoms with E-state index in [1.54, 1.807) is 0 Å². The fourth-order valence-corrected chi connectivity index (χ4v) is 2.86. The Hall–Kier alpha value is -0.0600. The highest BCUT2D eigenvalue weighted by atomic mass is 35.5. The van der Waals surface area contributed by atoms with E-state index in [0.29, 0.717) is 11.2 Å². The van der Waals surface area contributed by atoms with Crippen LogP contribution in [0.25, 0.3) is 0 Å². The number of pyridine rings is 1. The first kappa shape index (κ1) is 19.9. The summed E-state index contributed by atoms with van der Waals surface area (Å²) in [7, 11) is 0. The second-order valence-electron chi connectivity index (χ2n) is 5.97. The van der Waals surface area contributed by atoms with Gasteiger partial charge in [-0.2, -0.15) is 0 Å². The largest absolute Gasteiger partial charge is 0.314 e. The summed E-state index contributed by atoms with van der Waals surface area (Å²) in [6.07, 6.45) is 1.92. The van der Waals surface area contributed by atoms with Gasteiger partial charge in [0.15, 0.2) is 0 Å². The van der Waals surface area contributed by atoms with Crippen molar-refractivity contribution in [2.24, 2.45) is 5.41 Å². The van der Waals surface area contributed by atoms with Gasteiger partial charge in [-0.1, -0.05) is 38.4 Å². The molecule has 0 bridgehead atoms. The smallest absolute Gasteiger partial charge is 0.129 e. The van der Waals surface area contributed by atoms with E-state index in [2.05, 4.69) is 42.0 Å². The Morgan fingerprint density at radius 1 is 1.20 bits per heavy atom. The van der Waals surface area contributed by atoms with Crippen molar-refractivity contribution in [3.63, 3.8) is 0 Å². The normalized spacial score (nSPS) is 17.8. The van der Waals surface area contributed by atoms with Crippen LogP contribution in [0.3, 0.4) is 0 Å². The molecule has 0 saturated carbocycles. The third kappa shape index (κ3) is 5.05. The predicted molar refractivity (Wildman–Crippen MR) is 90.4 cm³/mol. The number of aromatic nitrogens is 1. The predicted octanol–water partition coefficient (Wildman–Crippen LogP) is 3.57. The van der Waals surface area contributed by atoms with Crippen molar-refractivity contribution in [2.75, 3.05) is 26.2 Å². The summed E-state index contributed by atoms with van der Waals surface area (Å²) >= 11 is 5.88. The number of nitrogens with zero attached hydrogens (tertiary/aromatic N) is 2. The van der Waals surface area contributed by atoms with Gasteiger partial charge in [0.2, 0.25) is 0 Å². The van der Waals surface area contributed by atoms with Crippen LogP contribution in [0, 0.1) is 5.41 Å². The quantitative estimate of drug-likeness (QED) is 0.834. The number of piperazine rings is 1. The zero-order chi connectivity index (χ0) is 13.2. The van der Waals surface area contributed by atoms with Crippen molar-refractivity contribution in [1.82, 2.24) is 15.2 Å². The molecule has 6 heteroatoms. The van der Waals surface area contributed by atoms with Crippen molar-refractivity contribution < 1.29 is 0 Å². The number of rotatable bonds is 2. The highest BCUT2D eigenvalue weighted by Crippen LogP contribution is 2.37. The summed E-state index contributed by atoms with van der Waals surface area (Å²) in [5.41, 5.74) is 1.45. The van der Waals surface area contributed by atoms with Gasteiger partial charge in [0.1, 0.15) is 5.15 Å². The molecule has 2 rings (SSSR count). The van der Waals surface area contributed by atoms with Gasteiger partial charge in [-0.25, -0.2) is 4.98 Å². The molecule has 1 N–H and O–H groups in total. The van der Waals surface area contributed by atoms with Crippen molar-refractivity contribution >= 4 is 36.4 Å². The Balaban J connectivity index is 0.00000180. The average molecular weight is 341 g/mol. The van der Waals surface area contributed by atoms with E-state index in [1.807, 2.05) is 12.3 Å². The zero-order valence-electron chi connectivity index (χ0n) is 12.2. The van der Waals surface area contributed by atoms with E-state index in [9.17, 15) is 0 Å². The minimum Gasteiger partial charge on any atom is -0.314 e. The standard InChI is InChI=1S/C14H22ClN3.2ClH/c1-14(2,3)13(18-8-6-16-7-9-18)11-4-5-12(15)17-10-11;;/h4-5,10,13,16H,6-9H2,1-3H3;2*1H/t13-;;/m1../s1. The van der Waals surface area contributed by atoms with E-state index < -0.39 is 0 Å². The second-order valence-corrected chi connectivity index (χ2v) is 6.36. The topological polar surface area (TPSA) is 28.2 Å². The summed E-state index contributed by atoms with van der Waals surface area (Å²) in [5.74, 6) is 0. The minimum absolute atomic E-state index is 0. The van der Waals surface area contributed by atoms with Gasteiger partial charge >= 0.3 is 0 Å². The van der Waals surface area contributed by atoms with Crippen molar-refractivity contribution in [2.45, 2.75) is 26.8 Å². The molecule has 20 heavy (non-hydrogen) atoms. The fraction of sp³-hybridized carbons (Fsp3) is 0.643. The van der Waals surface area contributed by atoms with E-state index in [-0.39, 0.29) is 30.2 Å². The summed E-state index contributed by atoms with van der Waals surface area (Å²) in [6, 6.07) is 4.38. The number of nitrogens with one attached hydrogen (secondary N) is 1. The second kappa shape index (κ2) is 8.40. The first-order chi connectivity index (χ1) is 8.48. The molecule has 1 atom stereocenters. The van der Waals surface area contributed by atoms with Crippen LogP contribution >= 0.6 is 36.4 Å². The van der Waals surface area contributed by atoms with E-state index in [0.717, 1.165) is 26.2 Å². The molecule has 0 aromatic carbocycles. The van der Waals surface area contributed by atoms with Gasteiger partial charge in [0.05, 0.1) is 0 Å². The van der Waals surface area contributed by atoms with Crippen LogP contribution in [-0.2, 0) is 0 Å². The Morgan fingerprint density at radius 2 is 1.80 bits per heavy atom. The lowest BCUT2D eigenvalue weighted by Gasteiger charge is -2.42. The van der Waals surface area contributed by atoms with Crippen LogP contribution in [0.2, 0.25) is 5.15 Å². The third-order valence-corrected chi connectivity index (χ3v) is 3.63. The zero-order valence-corrected chi connectivity index (χ0v) is 14.6. The van der Waals surface area contributed by atoms with Crippen LogP contribution in [0.15, 0.2) is 18.3 Å². The monoisotopic (exact) mass is 339 g/mol. The Bertz CT molecular complexity index is 384. The maximum absolute atomic E-state index is 5.88. The molecule has 1 fully saturated rings. The molecule has 1 saturated heterocycles. The van der Waals surface area contributed by atoms with E-state index >= 15 is 0 Å². The summed E-state index contributed by atoms with van der Waals surface area (Å²) in [4.78, 5) is 6.77.